The molecule has 2 rings (SSSR count). The van der Waals surface area contributed by atoms with E-state index in [9.17, 15) is 0 Å². The Morgan fingerprint density at radius 1 is 1.00 bits per heavy atom. The van der Waals surface area contributed by atoms with E-state index < -0.39 is 0 Å². The van der Waals surface area contributed by atoms with Gasteiger partial charge in [0.25, 0.3) is 0 Å². The van der Waals surface area contributed by atoms with Crippen molar-refractivity contribution < 1.29 is 9.47 Å². The molecule has 0 atom stereocenters. The molecule has 0 radical (unpaired) electrons. The summed E-state index contributed by atoms with van der Waals surface area (Å²) >= 11 is 12.5. The predicted molar refractivity (Wildman–Crippen MR) is 95.4 cm³/mol. The molecule has 0 heterocycles. The monoisotopic (exact) mass is 346 g/mol. The summed E-state index contributed by atoms with van der Waals surface area (Å²) in [5.74, 6) is 0.549. The molecule has 1 aliphatic rings. The maximum atomic E-state index is 6.23. The molecule has 1 fully saturated rings. The summed E-state index contributed by atoms with van der Waals surface area (Å²) in [5, 5.41) is 1.54. The molecule has 0 aliphatic heterocycles. The van der Waals surface area contributed by atoms with Crippen molar-refractivity contribution in [2.75, 3.05) is 20.3 Å². The second-order valence-electron chi connectivity index (χ2n) is 5.45. The fourth-order valence-electron chi connectivity index (χ4n) is 2.76. The van der Waals surface area contributed by atoms with Crippen LogP contribution < -0.4 is 0 Å². The average molecular weight is 347 g/mol. The summed E-state index contributed by atoms with van der Waals surface area (Å²) in [4.78, 5) is 0. The van der Waals surface area contributed by atoms with E-state index in [-0.39, 0.29) is 0 Å². The van der Waals surface area contributed by atoms with Gasteiger partial charge in [0.2, 0.25) is 0 Å². The molecular formula is C18H28Cl2O2. The lowest BCUT2D eigenvalue weighted by Crippen LogP contribution is -2.22. The average Bonchev–Trinajstić information content (AvgIpc) is 2.55. The Morgan fingerprint density at radius 3 is 2.05 bits per heavy atom. The van der Waals surface area contributed by atoms with E-state index >= 15 is 0 Å². The summed E-state index contributed by atoms with van der Waals surface area (Å²) in [6.45, 7) is 7.31. The van der Waals surface area contributed by atoms with Crippen LogP contribution in [0, 0.1) is 6.92 Å². The van der Waals surface area contributed by atoms with Gasteiger partial charge in [-0.3, -0.25) is 0 Å². The van der Waals surface area contributed by atoms with Crippen LogP contribution in [0.15, 0.2) is 12.1 Å². The summed E-state index contributed by atoms with van der Waals surface area (Å²) < 4.78 is 10.8. The molecule has 0 saturated heterocycles. The standard InChI is InChI=1S/C16H22Cl2O2.C2H6/c1-11-15(17)9-13(10-16(11)18)12-3-5-14(6-4-12)20-8-7-19-2;1-2/h9-10,12,14H,3-8H2,1-2H3;1-2H3. The van der Waals surface area contributed by atoms with E-state index in [4.69, 9.17) is 32.7 Å². The molecule has 126 valence electrons. The van der Waals surface area contributed by atoms with Gasteiger partial charge in [-0.15, -0.1) is 0 Å². The Balaban J connectivity index is 0.00000116. The van der Waals surface area contributed by atoms with Crippen LogP contribution in [-0.4, -0.2) is 26.4 Å². The zero-order valence-electron chi connectivity index (χ0n) is 14.1. The van der Waals surface area contributed by atoms with Crippen LogP contribution >= 0.6 is 23.2 Å². The lowest BCUT2D eigenvalue weighted by atomic mass is 9.82. The van der Waals surface area contributed by atoms with Crippen LogP contribution in [0.4, 0.5) is 0 Å². The zero-order chi connectivity index (χ0) is 16.5. The largest absolute Gasteiger partial charge is 0.382 e. The second-order valence-corrected chi connectivity index (χ2v) is 6.26. The normalized spacial score (nSPS) is 21.2. The minimum Gasteiger partial charge on any atom is -0.382 e. The summed E-state index contributed by atoms with van der Waals surface area (Å²) in [5.41, 5.74) is 2.23. The Hall–Kier alpha value is -0.280. The van der Waals surface area contributed by atoms with Crippen molar-refractivity contribution in [2.24, 2.45) is 0 Å². The predicted octanol–water partition coefficient (Wildman–Crippen LogP) is 6.02. The van der Waals surface area contributed by atoms with Gasteiger partial charge < -0.3 is 9.47 Å². The van der Waals surface area contributed by atoms with E-state index in [1.807, 2.05) is 20.8 Å². The number of benzene rings is 1. The van der Waals surface area contributed by atoms with Crippen molar-refractivity contribution in [3.05, 3.63) is 33.3 Å². The fraction of sp³-hybridized carbons (Fsp3) is 0.667. The molecule has 0 spiro atoms. The Kier molecular flexibility index (Phi) is 9.42. The number of methoxy groups -OCH3 is 1. The molecule has 0 aromatic heterocycles. The Morgan fingerprint density at radius 2 is 1.55 bits per heavy atom. The molecule has 4 heteroatoms. The highest BCUT2D eigenvalue weighted by Gasteiger charge is 2.23. The van der Waals surface area contributed by atoms with Crippen molar-refractivity contribution in [1.82, 2.24) is 0 Å². The third-order valence-electron chi connectivity index (χ3n) is 4.09. The van der Waals surface area contributed by atoms with Gasteiger partial charge in [-0.25, -0.2) is 0 Å². The van der Waals surface area contributed by atoms with Gasteiger partial charge >= 0.3 is 0 Å². The van der Waals surface area contributed by atoms with Crippen LogP contribution in [0.1, 0.15) is 56.6 Å². The maximum Gasteiger partial charge on any atom is 0.0704 e. The third kappa shape index (κ3) is 5.73. The molecule has 1 aromatic carbocycles. The minimum atomic E-state index is 0.373. The maximum absolute atomic E-state index is 6.23. The first-order chi connectivity index (χ1) is 10.6. The van der Waals surface area contributed by atoms with Crippen LogP contribution in [-0.2, 0) is 9.47 Å². The number of hydrogen-bond donors (Lipinski definition) is 0. The van der Waals surface area contributed by atoms with Crippen LogP contribution in [0.3, 0.4) is 0 Å². The molecule has 0 amide bonds. The quantitative estimate of drug-likeness (QED) is 0.607. The topological polar surface area (TPSA) is 18.5 Å². The zero-order valence-corrected chi connectivity index (χ0v) is 15.6. The highest BCUT2D eigenvalue weighted by Crippen LogP contribution is 2.37. The SMILES string of the molecule is CC.COCCOC1CCC(c2cc(Cl)c(C)c(Cl)c2)CC1. The molecule has 1 aliphatic carbocycles. The Bertz CT molecular complexity index is 418. The van der Waals surface area contributed by atoms with Crippen LogP contribution in [0.2, 0.25) is 10.0 Å². The van der Waals surface area contributed by atoms with Gasteiger partial charge in [-0.05, 0) is 61.8 Å². The van der Waals surface area contributed by atoms with Crippen LogP contribution in [0.25, 0.3) is 0 Å². The minimum absolute atomic E-state index is 0.373. The van der Waals surface area contributed by atoms with Crippen LogP contribution in [0.5, 0.6) is 0 Å². The summed E-state index contributed by atoms with van der Waals surface area (Å²) in [6, 6.07) is 4.14. The molecule has 0 N–H and O–H groups in total. The second kappa shape index (κ2) is 10.5. The molecular weight excluding hydrogens is 319 g/mol. The third-order valence-corrected chi connectivity index (χ3v) is 4.88. The number of ether oxygens (including phenoxy) is 2. The van der Waals surface area contributed by atoms with Gasteiger partial charge in [-0.1, -0.05) is 37.0 Å². The lowest BCUT2D eigenvalue weighted by Gasteiger charge is -2.29. The van der Waals surface area contributed by atoms with Gasteiger partial charge in [0.05, 0.1) is 19.3 Å². The van der Waals surface area contributed by atoms with Crippen molar-refractivity contribution in [3.8, 4) is 0 Å². The fourth-order valence-corrected chi connectivity index (χ4v) is 3.27. The number of hydrogen-bond acceptors (Lipinski definition) is 2. The van der Waals surface area contributed by atoms with E-state index in [1.165, 1.54) is 5.56 Å². The van der Waals surface area contributed by atoms with Crippen molar-refractivity contribution >= 4 is 23.2 Å². The van der Waals surface area contributed by atoms with E-state index in [1.54, 1.807) is 7.11 Å². The Labute approximate surface area is 145 Å². The first kappa shape index (κ1) is 19.8. The molecule has 1 aromatic rings. The molecule has 2 nitrogen and oxygen atoms in total. The highest BCUT2D eigenvalue weighted by molar-refractivity contribution is 6.36. The van der Waals surface area contributed by atoms with Crippen molar-refractivity contribution in [1.29, 1.82) is 0 Å². The molecule has 0 bridgehead atoms. The van der Waals surface area contributed by atoms with Gasteiger partial charge in [-0.2, -0.15) is 0 Å². The van der Waals surface area contributed by atoms with Crippen molar-refractivity contribution in [2.45, 2.75) is 58.5 Å². The summed E-state index contributed by atoms with van der Waals surface area (Å²) in [6.07, 6.45) is 4.83. The molecule has 1 saturated carbocycles. The smallest absolute Gasteiger partial charge is 0.0704 e. The van der Waals surface area contributed by atoms with Gasteiger partial charge in [0.1, 0.15) is 0 Å². The summed E-state index contributed by atoms with van der Waals surface area (Å²) in [7, 11) is 1.70. The van der Waals surface area contributed by atoms with Gasteiger partial charge in [0, 0.05) is 17.2 Å². The molecule has 22 heavy (non-hydrogen) atoms. The first-order valence-corrected chi connectivity index (χ1v) is 8.93. The first-order valence-electron chi connectivity index (χ1n) is 8.18. The number of halogens is 2. The van der Waals surface area contributed by atoms with E-state index in [2.05, 4.69) is 12.1 Å². The van der Waals surface area contributed by atoms with Gasteiger partial charge in [0.15, 0.2) is 0 Å². The van der Waals surface area contributed by atoms with E-state index in [0.717, 1.165) is 41.3 Å². The highest BCUT2D eigenvalue weighted by atomic mass is 35.5. The van der Waals surface area contributed by atoms with E-state index in [0.29, 0.717) is 25.2 Å². The van der Waals surface area contributed by atoms with Crippen molar-refractivity contribution in [3.63, 3.8) is 0 Å². The lowest BCUT2D eigenvalue weighted by molar-refractivity contribution is -0.00280. The molecule has 0 unspecified atom stereocenters. The number of rotatable bonds is 5.